The van der Waals surface area contributed by atoms with Crippen LogP contribution in [0.1, 0.15) is 39.2 Å². The van der Waals surface area contributed by atoms with Crippen molar-refractivity contribution < 1.29 is 28.1 Å². The molecule has 154 valence electrons. The minimum Gasteiger partial charge on any atom is -0.458 e. The molecule has 1 fully saturated rings. The molecule has 1 aromatic rings. The number of hydrogen-bond donors (Lipinski definition) is 0. The minimum absolute atomic E-state index is 0.330. The van der Waals surface area contributed by atoms with E-state index in [0.29, 0.717) is 32.2 Å². The van der Waals surface area contributed by atoms with Gasteiger partial charge in [-0.15, -0.1) is 0 Å². The first-order valence-corrected chi connectivity index (χ1v) is 12.0. The van der Waals surface area contributed by atoms with Crippen LogP contribution in [-0.2, 0) is 34.7 Å². The fourth-order valence-electron chi connectivity index (χ4n) is 3.60. The molecule has 2 radical (unpaired) electrons. The topological polar surface area (TPSA) is 71.1 Å². The minimum atomic E-state index is -2.76. The quantitative estimate of drug-likeness (QED) is 0.335. The molecule has 1 saturated heterocycles. The maximum atomic E-state index is 12.6. The lowest BCUT2D eigenvalue weighted by atomic mass is 9.86. The lowest BCUT2D eigenvalue weighted by molar-refractivity contribution is -0.156. The number of hydrogen-bond acceptors (Lipinski definition) is 6. The van der Waals surface area contributed by atoms with E-state index in [-0.39, 0.29) is 0 Å². The summed E-state index contributed by atoms with van der Waals surface area (Å²) in [6, 6.07) is 8.90. The molecule has 0 amide bonds. The van der Waals surface area contributed by atoms with Gasteiger partial charge in [-0.3, -0.25) is 9.36 Å². The molecule has 2 rings (SSSR count). The number of rotatable bonds is 10. The highest BCUT2D eigenvalue weighted by Gasteiger charge is 2.54. The molecule has 0 bridgehead atoms. The van der Waals surface area contributed by atoms with Crippen molar-refractivity contribution in [1.29, 1.82) is 0 Å². The fraction of sp³-hybridized carbons (Fsp3) is 0.650. The van der Waals surface area contributed by atoms with Crippen molar-refractivity contribution in [2.45, 2.75) is 64.0 Å². The summed E-state index contributed by atoms with van der Waals surface area (Å²) in [5.74, 6) is -0.445. The SMILES string of the molecule is [B][C@@H]1O[C@](CC)(CCP(C)(=O)OCC)C(OCc2ccccc2)[C@@H]1OC(C)=O. The van der Waals surface area contributed by atoms with Crippen molar-refractivity contribution in [2.24, 2.45) is 0 Å². The smallest absolute Gasteiger partial charge is 0.303 e. The number of carbonyl (C=O) groups excluding carboxylic acids is 1. The molecule has 28 heavy (non-hydrogen) atoms. The fourth-order valence-corrected chi connectivity index (χ4v) is 5.06. The van der Waals surface area contributed by atoms with Crippen LogP contribution in [0.25, 0.3) is 0 Å². The second kappa shape index (κ2) is 10.1. The Balaban J connectivity index is 2.23. The van der Waals surface area contributed by atoms with Crippen LogP contribution in [-0.4, -0.2) is 57.1 Å². The van der Waals surface area contributed by atoms with Crippen LogP contribution in [0.2, 0.25) is 0 Å². The lowest BCUT2D eigenvalue weighted by Gasteiger charge is -2.35. The summed E-state index contributed by atoms with van der Waals surface area (Å²) in [4.78, 5) is 11.6. The summed E-state index contributed by atoms with van der Waals surface area (Å²) >= 11 is 0. The van der Waals surface area contributed by atoms with Crippen molar-refractivity contribution in [1.82, 2.24) is 0 Å². The average molecular weight is 408 g/mol. The Kier molecular flexibility index (Phi) is 8.32. The summed E-state index contributed by atoms with van der Waals surface area (Å²) in [5.41, 5.74) is 0.182. The molecule has 5 atom stereocenters. The molecule has 0 spiro atoms. The zero-order valence-corrected chi connectivity index (χ0v) is 18.0. The molecular formula is C20H30BO6P. The van der Waals surface area contributed by atoms with Crippen LogP contribution < -0.4 is 0 Å². The van der Waals surface area contributed by atoms with Crippen molar-refractivity contribution in [3.63, 3.8) is 0 Å². The number of carbonyl (C=O) groups is 1. The third-order valence-electron chi connectivity index (χ3n) is 5.03. The van der Waals surface area contributed by atoms with E-state index in [1.807, 2.05) is 44.2 Å². The van der Waals surface area contributed by atoms with Crippen LogP contribution in [0.3, 0.4) is 0 Å². The highest BCUT2D eigenvalue weighted by atomic mass is 31.2. The largest absolute Gasteiger partial charge is 0.458 e. The maximum absolute atomic E-state index is 12.6. The van der Waals surface area contributed by atoms with Crippen molar-refractivity contribution >= 4 is 21.2 Å². The second-order valence-electron chi connectivity index (χ2n) is 7.20. The van der Waals surface area contributed by atoms with Crippen LogP contribution in [0, 0.1) is 0 Å². The van der Waals surface area contributed by atoms with Gasteiger partial charge in [0.2, 0.25) is 0 Å². The molecule has 0 aromatic heterocycles. The Morgan fingerprint density at radius 1 is 1.29 bits per heavy atom. The van der Waals surface area contributed by atoms with Crippen molar-refractivity contribution in [3.8, 4) is 0 Å². The monoisotopic (exact) mass is 408 g/mol. The van der Waals surface area contributed by atoms with Gasteiger partial charge >= 0.3 is 5.97 Å². The highest BCUT2D eigenvalue weighted by Crippen LogP contribution is 2.48. The maximum Gasteiger partial charge on any atom is 0.303 e. The van der Waals surface area contributed by atoms with Gasteiger partial charge in [-0.05, 0) is 25.3 Å². The number of benzene rings is 1. The van der Waals surface area contributed by atoms with Gasteiger partial charge in [-0.25, -0.2) is 0 Å². The first kappa shape index (κ1) is 23.1. The Morgan fingerprint density at radius 3 is 2.54 bits per heavy atom. The normalized spacial score (nSPS) is 29.4. The Bertz CT molecular complexity index is 685. The Labute approximate surface area is 169 Å². The summed E-state index contributed by atoms with van der Waals surface area (Å²) in [6.45, 7) is 7.45. The number of esters is 1. The first-order chi connectivity index (χ1) is 13.2. The first-order valence-electron chi connectivity index (χ1n) is 9.70. The Hall–Kier alpha value is -1.14. The van der Waals surface area contributed by atoms with Crippen LogP contribution in [0.4, 0.5) is 0 Å². The van der Waals surface area contributed by atoms with Gasteiger partial charge < -0.3 is 18.7 Å². The number of ether oxygens (including phenoxy) is 3. The van der Waals surface area contributed by atoms with E-state index in [0.717, 1.165) is 5.56 Å². The van der Waals surface area contributed by atoms with Gasteiger partial charge in [0.25, 0.3) is 0 Å². The molecule has 1 aliphatic heterocycles. The standard InChI is InChI=1S/C20H30BO6P/c1-5-20(12-13-28(4,23)25-6-2)18(17(19(21)27-20)26-15(3)22)24-14-16-10-8-7-9-11-16/h7-11,17-19H,5-6,12-14H2,1-4H3/t17-,18?,19+,20+,28?/m0/s1. The molecule has 1 aliphatic rings. The van der Waals surface area contributed by atoms with Crippen LogP contribution in [0.5, 0.6) is 0 Å². The van der Waals surface area contributed by atoms with E-state index >= 15 is 0 Å². The van der Waals surface area contributed by atoms with Crippen LogP contribution in [0.15, 0.2) is 30.3 Å². The lowest BCUT2D eigenvalue weighted by Crippen LogP contribution is -2.46. The third-order valence-corrected chi connectivity index (χ3v) is 6.87. The van der Waals surface area contributed by atoms with Crippen molar-refractivity contribution in [3.05, 3.63) is 35.9 Å². The van der Waals surface area contributed by atoms with E-state index in [1.54, 1.807) is 6.66 Å². The summed E-state index contributed by atoms with van der Waals surface area (Å²) in [7, 11) is 3.40. The summed E-state index contributed by atoms with van der Waals surface area (Å²) in [6.07, 6.45) is 0.0359. The van der Waals surface area contributed by atoms with Gasteiger partial charge in [0.15, 0.2) is 7.37 Å². The van der Waals surface area contributed by atoms with E-state index in [1.165, 1.54) is 6.92 Å². The Morgan fingerprint density at radius 2 is 1.96 bits per heavy atom. The summed E-state index contributed by atoms with van der Waals surface area (Å²) < 4.78 is 35.7. The van der Waals surface area contributed by atoms with Gasteiger partial charge in [0.1, 0.15) is 20.1 Å². The van der Waals surface area contributed by atoms with Crippen LogP contribution >= 0.6 is 7.37 Å². The predicted octanol–water partition coefficient (Wildman–Crippen LogP) is 3.51. The van der Waals surface area contributed by atoms with Gasteiger partial charge in [-0.2, -0.15) is 0 Å². The molecule has 0 saturated carbocycles. The van der Waals surface area contributed by atoms with E-state index in [2.05, 4.69) is 0 Å². The molecule has 0 N–H and O–H groups in total. The average Bonchev–Trinajstić information content (AvgIpc) is 2.90. The van der Waals surface area contributed by atoms with Gasteiger partial charge in [-0.1, -0.05) is 37.3 Å². The second-order valence-corrected chi connectivity index (χ2v) is 9.93. The highest BCUT2D eigenvalue weighted by molar-refractivity contribution is 7.58. The molecule has 8 heteroatoms. The molecular weight excluding hydrogens is 378 g/mol. The zero-order valence-electron chi connectivity index (χ0n) is 17.1. The molecule has 1 heterocycles. The van der Waals surface area contributed by atoms with Gasteiger partial charge in [0, 0.05) is 19.8 Å². The molecule has 1 aromatic carbocycles. The summed E-state index contributed by atoms with van der Waals surface area (Å²) in [5, 5.41) is 0. The molecule has 6 nitrogen and oxygen atoms in total. The molecule has 0 aliphatic carbocycles. The zero-order chi connectivity index (χ0) is 20.8. The van der Waals surface area contributed by atoms with E-state index in [4.69, 9.17) is 26.6 Å². The molecule has 2 unspecified atom stereocenters. The van der Waals surface area contributed by atoms with Crippen molar-refractivity contribution in [2.75, 3.05) is 19.4 Å². The van der Waals surface area contributed by atoms with E-state index in [9.17, 15) is 9.36 Å². The van der Waals surface area contributed by atoms with Gasteiger partial charge in [0.05, 0.1) is 24.8 Å². The predicted molar refractivity (Wildman–Crippen MR) is 109 cm³/mol. The third kappa shape index (κ3) is 5.93. The van der Waals surface area contributed by atoms with E-state index < -0.39 is 37.2 Å².